The first-order valence-electron chi connectivity index (χ1n) is 4.05. The summed E-state index contributed by atoms with van der Waals surface area (Å²) in [5.41, 5.74) is 0.877. The molecule has 76 valence electrons. The van der Waals surface area contributed by atoms with Gasteiger partial charge < -0.3 is 5.11 Å². The zero-order chi connectivity index (χ0) is 11.1. The van der Waals surface area contributed by atoms with Crippen LogP contribution in [-0.4, -0.2) is 11.1 Å². The van der Waals surface area contributed by atoms with Crippen molar-refractivity contribution < 1.29 is 14.3 Å². The quantitative estimate of drug-likeness (QED) is 0.701. The first-order valence-corrected chi connectivity index (χ1v) is 4.05. The summed E-state index contributed by atoms with van der Waals surface area (Å²) < 4.78 is 12.5. The molecule has 0 fully saturated rings. The van der Waals surface area contributed by atoms with Crippen molar-refractivity contribution in [1.82, 2.24) is 0 Å². The minimum absolute atomic E-state index is 0.289. The molecule has 0 saturated carbocycles. The number of aromatic carboxylic acids is 1. The predicted molar refractivity (Wildman–Crippen MR) is 53.8 cm³/mol. The lowest BCUT2D eigenvalue weighted by molar-refractivity contribution is 0.0692. The Morgan fingerprint density at radius 3 is 2.07 bits per heavy atom. The molecule has 2 nitrogen and oxygen atoms in total. The average Bonchev–Trinajstić information content (AvgIpc) is 2.03. The van der Waals surface area contributed by atoms with Gasteiger partial charge in [0.25, 0.3) is 0 Å². The Morgan fingerprint density at radius 2 is 1.79 bits per heavy atom. The standard InChI is InChI=1S/C7H5FO2.C4H8/c8-6-4-2-1-3-5(6)7(9)10;1-4(2)3/h1-4H,(H,9,10);1H2,2-3H3. The number of allylic oxidation sites excluding steroid dienone is 1. The highest BCUT2D eigenvalue weighted by Gasteiger charge is 2.06. The fourth-order valence-corrected chi connectivity index (χ4v) is 0.635. The first kappa shape index (κ1) is 12.4. The molecule has 0 heterocycles. The molecule has 1 aromatic carbocycles. The molecular formula is C11H13FO2. The highest BCUT2D eigenvalue weighted by Crippen LogP contribution is 2.04. The van der Waals surface area contributed by atoms with Gasteiger partial charge in [-0.3, -0.25) is 0 Å². The van der Waals surface area contributed by atoms with Gasteiger partial charge >= 0.3 is 5.97 Å². The van der Waals surface area contributed by atoms with Gasteiger partial charge in [0, 0.05) is 0 Å². The Balaban J connectivity index is 0.000000364. The van der Waals surface area contributed by atoms with Crippen LogP contribution in [0.5, 0.6) is 0 Å². The number of rotatable bonds is 1. The second kappa shape index (κ2) is 5.91. The van der Waals surface area contributed by atoms with Crippen LogP contribution in [0.2, 0.25) is 0 Å². The smallest absolute Gasteiger partial charge is 0.338 e. The molecule has 0 spiro atoms. The van der Waals surface area contributed by atoms with Gasteiger partial charge in [-0.2, -0.15) is 0 Å². The predicted octanol–water partition coefficient (Wildman–Crippen LogP) is 3.11. The molecule has 0 radical (unpaired) electrons. The number of halogens is 1. The average molecular weight is 196 g/mol. The molecule has 0 aliphatic heterocycles. The molecule has 1 aromatic rings. The topological polar surface area (TPSA) is 37.3 Å². The van der Waals surface area contributed by atoms with Gasteiger partial charge in [-0.05, 0) is 26.0 Å². The summed E-state index contributed by atoms with van der Waals surface area (Å²) in [4.78, 5) is 10.2. The molecule has 0 aliphatic rings. The van der Waals surface area contributed by atoms with E-state index in [2.05, 4.69) is 6.58 Å². The van der Waals surface area contributed by atoms with E-state index in [0.717, 1.165) is 6.07 Å². The van der Waals surface area contributed by atoms with E-state index in [-0.39, 0.29) is 5.56 Å². The SMILES string of the molecule is C=C(C)C.O=C(O)c1ccccc1F. The zero-order valence-corrected chi connectivity index (χ0v) is 8.25. The van der Waals surface area contributed by atoms with Crippen LogP contribution in [-0.2, 0) is 0 Å². The lowest BCUT2D eigenvalue weighted by Gasteiger charge is -1.92. The van der Waals surface area contributed by atoms with Crippen LogP contribution >= 0.6 is 0 Å². The van der Waals surface area contributed by atoms with Crippen molar-refractivity contribution in [2.24, 2.45) is 0 Å². The van der Waals surface area contributed by atoms with Crippen LogP contribution in [0.1, 0.15) is 24.2 Å². The van der Waals surface area contributed by atoms with Crippen LogP contribution in [0.25, 0.3) is 0 Å². The highest BCUT2D eigenvalue weighted by atomic mass is 19.1. The molecule has 1 rings (SSSR count). The Bertz CT molecular complexity index is 328. The number of carbonyl (C=O) groups is 1. The second-order valence-electron chi connectivity index (χ2n) is 2.99. The lowest BCUT2D eigenvalue weighted by atomic mass is 10.2. The van der Waals surface area contributed by atoms with Crippen molar-refractivity contribution in [3.8, 4) is 0 Å². The monoisotopic (exact) mass is 196 g/mol. The highest BCUT2D eigenvalue weighted by molar-refractivity contribution is 5.87. The largest absolute Gasteiger partial charge is 0.478 e. The van der Waals surface area contributed by atoms with E-state index in [1.54, 1.807) is 0 Å². The molecule has 0 amide bonds. The second-order valence-corrected chi connectivity index (χ2v) is 2.99. The van der Waals surface area contributed by atoms with Gasteiger partial charge in [0.2, 0.25) is 0 Å². The molecule has 0 atom stereocenters. The van der Waals surface area contributed by atoms with Gasteiger partial charge in [-0.25, -0.2) is 9.18 Å². The first-order chi connectivity index (χ1) is 6.45. The summed E-state index contributed by atoms with van der Waals surface area (Å²) in [5.74, 6) is -1.94. The Labute approximate surface area is 82.7 Å². The number of carboxylic acid groups (broad SMARTS) is 1. The Morgan fingerprint density at radius 1 is 1.36 bits per heavy atom. The van der Waals surface area contributed by atoms with E-state index in [4.69, 9.17) is 5.11 Å². The summed E-state index contributed by atoms with van der Waals surface area (Å²) in [5, 5.41) is 8.33. The molecule has 0 aliphatic carbocycles. The van der Waals surface area contributed by atoms with Crippen molar-refractivity contribution in [2.45, 2.75) is 13.8 Å². The molecule has 0 unspecified atom stereocenters. The Hall–Kier alpha value is -1.64. The number of benzene rings is 1. The fourth-order valence-electron chi connectivity index (χ4n) is 0.635. The summed E-state index contributed by atoms with van der Waals surface area (Å²) >= 11 is 0. The summed E-state index contributed by atoms with van der Waals surface area (Å²) in [6, 6.07) is 5.26. The van der Waals surface area contributed by atoms with Crippen LogP contribution in [0.4, 0.5) is 4.39 Å². The van der Waals surface area contributed by atoms with Crippen molar-refractivity contribution in [2.75, 3.05) is 0 Å². The normalized spacial score (nSPS) is 8.50. The summed E-state index contributed by atoms with van der Waals surface area (Å²) in [6.07, 6.45) is 0. The zero-order valence-electron chi connectivity index (χ0n) is 8.25. The van der Waals surface area contributed by atoms with E-state index in [1.165, 1.54) is 23.8 Å². The third kappa shape index (κ3) is 5.09. The molecule has 0 aromatic heterocycles. The van der Waals surface area contributed by atoms with Crippen LogP contribution in [0, 0.1) is 5.82 Å². The van der Waals surface area contributed by atoms with Gasteiger partial charge in [-0.15, -0.1) is 6.58 Å². The van der Waals surface area contributed by atoms with Crippen molar-refractivity contribution in [1.29, 1.82) is 0 Å². The minimum Gasteiger partial charge on any atom is -0.478 e. The minimum atomic E-state index is -1.24. The fraction of sp³-hybridized carbons (Fsp3) is 0.182. The van der Waals surface area contributed by atoms with E-state index in [0.29, 0.717) is 0 Å². The third-order valence-corrected chi connectivity index (χ3v) is 1.10. The molecule has 1 N–H and O–H groups in total. The number of hydrogen-bond acceptors (Lipinski definition) is 1. The van der Waals surface area contributed by atoms with E-state index >= 15 is 0 Å². The van der Waals surface area contributed by atoms with Gasteiger partial charge in [0.1, 0.15) is 5.82 Å². The summed E-state index contributed by atoms with van der Waals surface area (Å²) in [7, 11) is 0. The molecule has 0 bridgehead atoms. The van der Waals surface area contributed by atoms with Crippen LogP contribution < -0.4 is 0 Å². The van der Waals surface area contributed by atoms with E-state index in [9.17, 15) is 9.18 Å². The maximum Gasteiger partial charge on any atom is 0.338 e. The lowest BCUT2D eigenvalue weighted by Crippen LogP contribution is -1.98. The van der Waals surface area contributed by atoms with E-state index < -0.39 is 11.8 Å². The number of hydrogen-bond donors (Lipinski definition) is 1. The van der Waals surface area contributed by atoms with Crippen molar-refractivity contribution >= 4 is 5.97 Å². The molecule has 14 heavy (non-hydrogen) atoms. The molecular weight excluding hydrogens is 183 g/mol. The van der Waals surface area contributed by atoms with Gasteiger partial charge in [0.15, 0.2) is 0 Å². The van der Waals surface area contributed by atoms with Crippen LogP contribution in [0.3, 0.4) is 0 Å². The third-order valence-electron chi connectivity index (χ3n) is 1.10. The van der Waals surface area contributed by atoms with Gasteiger partial charge in [0.05, 0.1) is 5.56 Å². The van der Waals surface area contributed by atoms with Gasteiger partial charge in [-0.1, -0.05) is 17.7 Å². The summed E-state index contributed by atoms with van der Waals surface area (Å²) in [6.45, 7) is 7.50. The van der Waals surface area contributed by atoms with E-state index in [1.807, 2.05) is 13.8 Å². The van der Waals surface area contributed by atoms with Crippen molar-refractivity contribution in [3.63, 3.8) is 0 Å². The maximum atomic E-state index is 12.5. The Kier molecular flexibility index (Phi) is 5.22. The molecule has 3 heteroatoms. The van der Waals surface area contributed by atoms with Crippen molar-refractivity contribution in [3.05, 3.63) is 47.8 Å². The maximum absolute atomic E-state index is 12.5. The van der Waals surface area contributed by atoms with Crippen LogP contribution in [0.15, 0.2) is 36.4 Å². The molecule has 0 saturated heterocycles. The number of carboxylic acids is 1.